The fourth-order valence-electron chi connectivity index (χ4n) is 1.54. The summed E-state index contributed by atoms with van der Waals surface area (Å²) in [6, 6.07) is 1.13. The van der Waals surface area contributed by atoms with Gasteiger partial charge in [0.05, 0.1) is 19.0 Å². The minimum Gasteiger partial charge on any atom is -0.466 e. The molecular weight excluding hydrogens is 272 g/mol. The Hall–Kier alpha value is -1.40. The molecule has 0 saturated carbocycles. The number of imidazole rings is 1. The van der Waals surface area contributed by atoms with Crippen molar-refractivity contribution in [2.24, 2.45) is 0 Å². The first-order valence-electron chi connectivity index (χ1n) is 6.69. The van der Waals surface area contributed by atoms with E-state index in [9.17, 15) is 4.79 Å². The van der Waals surface area contributed by atoms with Gasteiger partial charge in [0.2, 0.25) is 0 Å². The van der Waals surface area contributed by atoms with Crippen LogP contribution in [0.2, 0.25) is 25.7 Å². The molecule has 0 amide bonds. The largest absolute Gasteiger partial charge is 0.466 e. The van der Waals surface area contributed by atoms with Crippen LogP contribution < -0.4 is 0 Å². The van der Waals surface area contributed by atoms with Crippen LogP contribution in [-0.4, -0.2) is 37.3 Å². The normalized spacial score (nSPS) is 12.1. The second-order valence-electron chi connectivity index (χ2n) is 5.86. The number of esters is 1. The van der Waals surface area contributed by atoms with Crippen LogP contribution >= 0.6 is 0 Å². The van der Waals surface area contributed by atoms with Crippen molar-refractivity contribution in [2.45, 2.75) is 39.3 Å². The van der Waals surface area contributed by atoms with Gasteiger partial charge in [-0.1, -0.05) is 19.6 Å². The predicted octanol–water partition coefficient (Wildman–Crippen LogP) is 2.69. The van der Waals surface area contributed by atoms with Crippen molar-refractivity contribution in [1.29, 1.82) is 0 Å². The van der Waals surface area contributed by atoms with Crippen LogP contribution in [-0.2, 0) is 21.0 Å². The molecule has 0 atom stereocenters. The highest BCUT2D eigenvalue weighted by Crippen LogP contribution is 2.10. The van der Waals surface area contributed by atoms with E-state index in [0.29, 0.717) is 6.73 Å². The lowest BCUT2D eigenvalue weighted by Gasteiger charge is -2.16. The monoisotopic (exact) mass is 296 g/mol. The summed E-state index contributed by atoms with van der Waals surface area (Å²) in [5.74, 6) is 0.484. The van der Waals surface area contributed by atoms with E-state index in [-0.39, 0.29) is 5.97 Å². The molecule has 0 saturated heterocycles. The number of hydrogen-bond donors (Lipinski definition) is 0. The van der Waals surface area contributed by atoms with Crippen LogP contribution in [0.4, 0.5) is 0 Å². The first-order valence-corrected chi connectivity index (χ1v) is 10.4. The minimum atomic E-state index is -1.07. The third-order valence-electron chi connectivity index (χ3n) is 2.89. The number of aromatic nitrogens is 2. The zero-order valence-corrected chi connectivity index (χ0v) is 14.0. The molecular formula is C14H24N2O3Si. The van der Waals surface area contributed by atoms with Crippen molar-refractivity contribution < 1.29 is 14.3 Å². The highest BCUT2D eigenvalue weighted by Gasteiger charge is 2.12. The molecule has 1 rings (SSSR count). The van der Waals surface area contributed by atoms with Crippen LogP contribution in [0, 0.1) is 6.92 Å². The Bertz CT molecular complexity index is 475. The molecule has 1 aromatic rings. The van der Waals surface area contributed by atoms with Crippen molar-refractivity contribution in [3.05, 3.63) is 23.8 Å². The average molecular weight is 296 g/mol. The predicted molar refractivity (Wildman–Crippen MR) is 82.1 cm³/mol. The lowest BCUT2D eigenvalue weighted by molar-refractivity contribution is -0.134. The van der Waals surface area contributed by atoms with Gasteiger partial charge in [-0.05, 0) is 19.0 Å². The van der Waals surface area contributed by atoms with E-state index in [2.05, 4.69) is 29.4 Å². The molecule has 0 bridgehead atoms. The Morgan fingerprint density at radius 2 is 2.15 bits per heavy atom. The first kappa shape index (κ1) is 16.7. The molecule has 20 heavy (non-hydrogen) atoms. The quantitative estimate of drug-likeness (QED) is 0.336. The summed E-state index contributed by atoms with van der Waals surface area (Å²) in [4.78, 5) is 15.3. The van der Waals surface area contributed by atoms with E-state index in [0.717, 1.165) is 24.2 Å². The number of ether oxygens (including phenoxy) is 2. The summed E-state index contributed by atoms with van der Waals surface area (Å²) in [7, 11) is 0.289. The van der Waals surface area contributed by atoms with E-state index in [4.69, 9.17) is 4.74 Å². The molecule has 0 radical (unpaired) electrons. The number of rotatable bonds is 7. The maximum Gasteiger partial charge on any atom is 0.330 e. The summed E-state index contributed by atoms with van der Waals surface area (Å²) >= 11 is 0. The fraction of sp³-hybridized carbons (Fsp3) is 0.571. The summed E-state index contributed by atoms with van der Waals surface area (Å²) in [5.41, 5.74) is 0.834. The van der Waals surface area contributed by atoms with Gasteiger partial charge in [0.15, 0.2) is 0 Å². The number of nitrogens with zero attached hydrogens (tertiary/aromatic N) is 2. The molecule has 1 aromatic heterocycles. The van der Waals surface area contributed by atoms with Gasteiger partial charge in [0.1, 0.15) is 12.6 Å². The molecule has 0 aliphatic rings. The average Bonchev–Trinajstić information content (AvgIpc) is 2.71. The van der Waals surface area contributed by atoms with Gasteiger partial charge in [0, 0.05) is 20.8 Å². The van der Waals surface area contributed by atoms with Crippen LogP contribution in [0.15, 0.2) is 12.3 Å². The lowest BCUT2D eigenvalue weighted by Crippen LogP contribution is -2.22. The Morgan fingerprint density at radius 1 is 1.45 bits per heavy atom. The highest BCUT2D eigenvalue weighted by molar-refractivity contribution is 6.76. The van der Waals surface area contributed by atoms with Crippen molar-refractivity contribution in [2.75, 3.05) is 13.7 Å². The molecule has 0 fully saturated rings. The molecule has 0 aliphatic heterocycles. The SMILES string of the molecule is COC(=O)C=Cc1cnc(C)n1COCC[Si](C)(C)C. The van der Waals surface area contributed by atoms with E-state index >= 15 is 0 Å². The molecule has 5 nitrogen and oxygen atoms in total. The van der Waals surface area contributed by atoms with Gasteiger partial charge >= 0.3 is 5.97 Å². The maximum absolute atomic E-state index is 11.1. The van der Waals surface area contributed by atoms with Gasteiger partial charge in [0.25, 0.3) is 0 Å². The van der Waals surface area contributed by atoms with Gasteiger partial charge < -0.3 is 14.0 Å². The number of carbonyl (C=O) groups excluding carboxylic acids is 1. The van der Waals surface area contributed by atoms with Gasteiger partial charge in [-0.3, -0.25) is 0 Å². The first-order chi connectivity index (χ1) is 9.33. The third-order valence-corrected chi connectivity index (χ3v) is 4.60. The van der Waals surface area contributed by atoms with Crippen LogP contribution in [0.5, 0.6) is 0 Å². The molecule has 0 aliphatic carbocycles. The van der Waals surface area contributed by atoms with Crippen molar-refractivity contribution in [3.63, 3.8) is 0 Å². The van der Waals surface area contributed by atoms with E-state index in [1.807, 2.05) is 11.5 Å². The maximum atomic E-state index is 11.1. The van der Waals surface area contributed by atoms with Crippen molar-refractivity contribution >= 4 is 20.1 Å². The Kier molecular flexibility index (Phi) is 6.16. The number of aryl methyl sites for hydroxylation is 1. The second-order valence-corrected chi connectivity index (χ2v) is 11.5. The van der Waals surface area contributed by atoms with Crippen molar-refractivity contribution in [1.82, 2.24) is 9.55 Å². The number of carbonyl (C=O) groups is 1. The Morgan fingerprint density at radius 3 is 2.75 bits per heavy atom. The minimum absolute atomic E-state index is 0.380. The Labute approximate surface area is 121 Å². The number of hydrogen-bond acceptors (Lipinski definition) is 4. The van der Waals surface area contributed by atoms with Crippen LogP contribution in [0.25, 0.3) is 6.08 Å². The van der Waals surface area contributed by atoms with E-state index in [1.54, 1.807) is 12.3 Å². The third kappa shape index (κ3) is 5.71. The summed E-state index contributed by atoms with van der Waals surface area (Å²) in [6.45, 7) is 10.1. The van der Waals surface area contributed by atoms with Crippen molar-refractivity contribution in [3.8, 4) is 0 Å². The van der Waals surface area contributed by atoms with Gasteiger partial charge in [-0.15, -0.1) is 0 Å². The number of methoxy groups -OCH3 is 1. The lowest BCUT2D eigenvalue weighted by atomic mass is 10.4. The molecule has 0 spiro atoms. The van der Waals surface area contributed by atoms with E-state index in [1.165, 1.54) is 13.2 Å². The summed E-state index contributed by atoms with van der Waals surface area (Å²) < 4.78 is 12.2. The standard InChI is InChI=1S/C14H24N2O3Si/c1-12-15-10-13(6-7-14(17)18-2)16(12)11-19-8-9-20(3,4)5/h6-7,10H,8-9,11H2,1-5H3. The Balaban J connectivity index is 2.59. The summed E-state index contributed by atoms with van der Waals surface area (Å²) in [6.07, 6.45) is 4.79. The smallest absolute Gasteiger partial charge is 0.330 e. The topological polar surface area (TPSA) is 53.3 Å². The zero-order valence-electron chi connectivity index (χ0n) is 13.0. The van der Waals surface area contributed by atoms with Crippen LogP contribution in [0.3, 0.4) is 0 Å². The molecule has 0 aromatic carbocycles. The molecule has 1 heterocycles. The molecule has 112 valence electrons. The fourth-order valence-corrected chi connectivity index (χ4v) is 2.30. The molecule has 0 unspecified atom stereocenters. The molecule has 6 heteroatoms. The second kappa shape index (κ2) is 7.40. The van der Waals surface area contributed by atoms with Crippen LogP contribution in [0.1, 0.15) is 11.5 Å². The highest BCUT2D eigenvalue weighted by atomic mass is 28.3. The van der Waals surface area contributed by atoms with E-state index < -0.39 is 8.07 Å². The zero-order chi connectivity index (χ0) is 15.2. The summed E-state index contributed by atoms with van der Waals surface area (Å²) in [5, 5.41) is 0. The molecule has 0 N–H and O–H groups in total. The van der Waals surface area contributed by atoms with Gasteiger partial charge in [-0.2, -0.15) is 0 Å². The van der Waals surface area contributed by atoms with Gasteiger partial charge in [-0.25, -0.2) is 9.78 Å².